The molecule has 9 heteroatoms. The smallest absolute Gasteiger partial charge is 0.271 e. The molecule has 25 heavy (non-hydrogen) atoms. The molecule has 0 radical (unpaired) electrons. The average Bonchev–Trinajstić information content (AvgIpc) is 2.58. The van der Waals surface area contributed by atoms with Gasteiger partial charge in [0.1, 0.15) is 5.75 Å². The summed E-state index contributed by atoms with van der Waals surface area (Å²) in [6.45, 7) is 1.85. The first kappa shape index (κ1) is 18.4. The Morgan fingerprint density at radius 2 is 2.04 bits per heavy atom. The summed E-state index contributed by atoms with van der Waals surface area (Å²) in [4.78, 5) is 22.1. The third kappa shape index (κ3) is 4.77. The van der Waals surface area contributed by atoms with Crippen LogP contribution in [0.25, 0.3) is 0 Å². The molecular formula is C16H13BrN3O5-. The number of nitro groups is 1. The zero-order valence-electron chi connectivity index (χ0n) is 13.1. The Morgan fingerprint density at radius 1 is 1.36 bits per heavy atom. The van der Waals surface area contributed by atoms with Crippen molar-refractivity contribution in [2.24, 2.45) is 5.10 Å². The molecule has 0 fully saturated rings. The number of rotatable bonds is 6. The van der Waals surface area contributed by atoms with Gasteiger partial charge in [-0.1, -0.05) is 15.9 Å². The van der Waals surface area contributed by atoms with Crippen molar-refractivity contribution in [3.63, 3.8) is 0 Å². The number of carbonyl (C=O) groups is 1. The molecule has 0 spiro atoms. The van der Waals surface area contributed by atoms with Gasteiger partial charge in [0.2, 0.25) is 0 Å². The van der Waals surface area contributed by atoms with Crippen LogP contribution in [0.3, 0.4) is 0 Å². The monoisotopic (exact) mass is 406 g/mol. The number of carbonyl (C=O) groups excluding carboxylic acids is 1. The molecule has 0 bridgehead atoms. The highest BCUT2D eigenvalue weighted by atomic mass is 79.9. The number of nitrogens with zero attached hydrogens (tertiary/aromatic N) is 2. The predicted octanol–water partition coefficient (Wildman–Crippen LogP) is 2.59. The number of hydrogen-bond acceptors (Lipinski definition) is 6. The van der Waals surface area contributed by atoms with Crippen LogP contribution in [0.4, 0.5) is 5.69 Å². The van der Waals surface area contributed by atoms with Crippen molar-refractivity contribution < 1.29 is 19.6 Å². The van der Waals surface area contributed by atoms with E-state index in [2.05, 4.69) is 26.5 Å². The van der Waals surface area contributed by atoms with Crippen LogP contribution in [0.15, 0.2) is 46.0 Å². The van der Waals surface area contributed by atoms with Gasteiger partial charge in [-0.3, -0.25) is 14.9 Å². The van der Waals surface area contributed by atoms with Crippen molar-refractivity contribution in [3.05, 3.63) is 62.1 Å². The lowest BCUT2D eigenvalue weighted by atomic mass is 10.2. The van der Waals surface area contributed by atoms with E-state index in [0.29, 0.717) is 5.56 Å². The molecule has 0 saturated carbocycles. The van der Waals surface area contributed by atoms with E-state index in [0.717, 1.165) is 10.5 Å². The third-order valence-electron chi connectivity index (χ3n) is 3.04. The van der Waals surface area contributed by atoms with Gasteiger partial charge in [0.05, 0.1) is 17.7 Å². The summed E-state index contributed by atoms with van der Waals surface area (Å²) in [6.07, 6.45) is 1.20. The van der Waals surface area contributed by atoms with E-state index in [1.54, 1.807) is 31.2 Å². The number of hydrogen-bond donors (Lipinski definition) is 1. The lowest BCUT2D eigenvalue weighted by Gasteiger charge is -2.14. The molecule has 0 heterocycles. The lowest BCUT2D eigenvalue weighted by molar-refractivity contribution is -0.398. The first-order chi connectivity index (χ1) is 11.9. The fraction of sp³-hybridized carbons (Fsp3) is 0.125. The zero-order chi connectivity index (χ0) is 18.4. The first-order valence-corrected chi connectivity index (χ1v) is 7.93. The van der Waals surface area contributed by atoms with Crippen LogP contribution in [-0.4, -0.2) is 23.7 Å². The maximum Gasteiger partial charge on any atom is 0.271 e. The van der Waals surface area contributed by atoms with Gasteiger partial charge in [0, 0.05) is 27.4 Å². The fourth-order valence-electron chi connectivity index (χ4n) is 1.91. The van der Waals surface area contributed by atoms with Crippen LogP contribution in [-0.2, 0) is 0 Å². The Morgan fingerprint density at radius 3 is 2.64 bits per heavy atom. The quantitative estimate of drug-likeness (QED) is 0.449. The van der Waals surface area contributed by atoms with Gasteiger partial charge in [-0.2, -0.15) is 5.10 Å². The van der Waals surface area contributed by atoms with Crippen molar-refractivity contribution in [3.8, 4) is 11.5 Å². The second kappa shape index (κ2) is 8.25. The van der Waals surface area contributed by atoms with E-state index in [9.17, 15) is 20.0 Å². The largest absolute Gasteiger partial charge is 0.865 e. The highest BCUT2D eigenvalue weighted by molar-refractivity contribution is 9.10. The number of hydrazone groups is 1. The van der Waals surface area contributed by atoms with Gasteiger partial charge in [-0.05, 0) is 37.3 Å². The maximum absolute atomic E-state index is 11.9. The minimum atomic E-state index is -0.803. The summed E-state index contributed by atoms with van der Waals surface area (Å²) < 4.78 is 5.94. The predicted molar refractivity (Wildman–Crippen MR) is 92.9 cm³/mol. The summed E-state index contributed by atoms with van der Waals surface area (Å²) in [5.74, 6) is -1.39. The Hall–Kier alpha value is -2.94. The number of benzene rings is 2. The Balaban J connectivity index is 2.18. The number of nitrogens with one attached hydrogen (secondary N) is 1. The summed E-state index contributed by atoms with van der Waals surface area (Å²) in [7, 11) is 0. The molecule has 2 aromatic carbocycles. The average molecular weight is 407 g/mol. The molecule has 1 amide bonds. The SMILES string of the molecule is CCOc1cc(C=NNC(=O)c2ccc(Br)cc2)cc([N+](=O)[O-])c1[O-]. The van der Waals surface area contributed by atoms with Crippen LogP contribution in [0.5, 0.6) is 11.5 Å². The number of amides is 1. The molecule has 0 atom stereocenters. The normalized spacial score (nSPS) is 10.6. The van der Waals surface area contributed by atoms with E-state index in [1.165, 1.54) is 12.3 Å². The van der Waals surface area contributed by atoms with Gasteiger partial charge in [-0.25, -0.2) is 5.43 Å². The van der Waals surface area contributed by atoms with E-state index < -0.39 is 22.3 Å². The standard InChI is InChI=1S/C16H14BrN3O5/c1-2-25-14-8-10(7-13(15(14)21)20(23)24)9-18-19-16(22)11-3-5-12(17)6-4-11/h3-9,21H,2H2,1H3,(H,19,22)/p-1. The van der Waals surface area contributed by atoms with E-state index in [4.69, 9.17) is 4.74 Å². The molecular weight excluding hydrogens is 394 g/mol. The molecule has 0 aliphatic rings. The summed E-state index contributed by atoms with van der Waals surface area (Å²) in [6, 6.07) is 9.04. The molecule has 8 nitrogen and oxygen atoms in total. The molecule has 2 rings (SSSR count). The second-order valence-electron chi connectivity index (χ2n) is 4.76. The van der Waals surface area contributed by atoms with Gasteiger partial charge in [0.25, 0.3) is 11.6 Å². The highest BCUT2D eigenvalue weighted by Crippen LogP contribution is 2.34. The maximum atomic E-state index is 11.9. The minimum absolute atomic E-state index is 0.141. The van der Waals surface area contributed by atoms with Crippen molar-refractivity contribution in [1.29, 1.82) is 0 Å². The minimum Gasteiger partial charge on any atom is -0.865 e. The summed E-state index contributed by atoms with van der Waals surface area (Å²) >= 11 is 3.27. The van der Waals surface area contributed by atoms with Crippen molar-refractivity contribution in [2.45, 2.75) is 6.92 Å². The first-order valence-electron chi connectivity index (χ1n) is 7.13. The van der Waals surface area contributed by atoms with Gasteiger partial charge in [0.15, 0.2) is 0 Å². The molecule has 0 aromatic heterocycles. The van der Waals surface area contributed by atoms with Crippen LogP contribution >= 0.6 is 15.9 Å². The van der Waals surface area contributed by atoms with Crippen molar-refractivity contribution in [1.82, 2.24) is 5.43 Å². The van der Waals surface area contributed by atoms with E-state index in [1.807, 2.05) is 0 Å². The van der Waals surface area contributed by atoms with E-state index in [-0.39, 0.29) is 17.9 Å². The van der Waals surface area contributed by atoms with E-state index >= 15 is 0 Å². The Kier molecular flexibility index (Phi) is 6.07. The molecule has 0 aliphatic carbocycles. The highest BCUT2D eigenvalue weighted by Gasteiger charge is 2.13. The molecule has 2 aromatic rings. The van der Waals surface area contributed by atoms with Crippen LogP contribution < -0.4 is 15.3 Å². The van der Waals surface area contributed by atoms with Crippen molar-refractivity contribution >= 4 is 33.7 Å². The van der Waals surface area contributed by atoms with Gasteiger partial charge >= 0.3 is 0 Å². The number of halogens is 1. The summed E-state index contributed by atoms with van der Waals surface area (Å²) in [5.41, 5.74) is 2.34. The van der Waals surface area contributed by atoms with Crippen LogP contribution in [0.1, 0.15) is 22.8 Å². The van der Waals surface area contributed by atoms with Crippen LogP contribution in [0, 0.1) is 10.1 Å². The Bertz CT molecular complexity index is 821. The Labute approximate surface area is 151 Å². The van der Waals surface area contributed by atoms with Crippen LogP contribution in [0.2, 0.25) is 0 Å². The molecule has 0 saturated heterocycles. The summed E-state index contributed by atoms with van der Waals surface area (Å²) in [5, 5.41) is 26.6. The molecule has 0 aliphatic heterocycles. The van der Waals surface area contributed by atoms with Gasteiger partial charge in [-0.15, -0.1) is 0 Å². The third-order valence-corrected chi connectivity index (χ3v) is 3.57. The second-order valence-corrected chi connectivity index (χ2v) is 5.68. The lowest BCUT2D eigenvalue weighted by Crippen LogP contribution is -2.17. The molecule has 1 N–H and O–H groups in total. The topological polar surface area (TPSA) is 117 Å². The zero-order valence-corrected chi connectivity index (χ0v) is 14.6. The van der Waals surface area contributed by atoms with Gasteiger partial charge < -0.3 is 9.84 Å². The number of ether oxygens (including phenoxy) is 1. The number of nitro benzene ring substituents is 1. The molecule has 130 valence electrons. The van der Waals surface area contributed by atoms with Crippen molar-refractivity contribution in [2.75, 3.05) is 6.61 Å². The fourth-order valence-corrected chi connectivity index (χ4v) is 2.18. The molecule has 0 unspecified atom stereocenters.